The molecule has 0 radical (unpaired) electrons. The van der Waals surface area contributed by atoms with Gasteiger partial charge in [-0.15, -0.1) is 0 Å². The van der Waals surface area contributed by atoms with Crippen LogP contribution < -0.4 is 5.32 Å². The van der Waals surface area contributed by atoms with E-state index >= 15 is 0 Å². The number of ether oxygens (including phenoxy) is 1. The molecule has 94 valence electrons. The zero-order valence-corrected chi connectivity index (χ0v) is 11.0. The van der Waals surface area contributed by atoms with Gasteiger partial charge in [0.25, 0.3) is 0 Å². The lowest BCUT2D eigenvalue weighted by molar-refractivity contribution is -0.145. The lowest BCUT2D eigenvalue weighted by Crippen LogP contribution is -2.45. The number of nitrogens with one attached hydrogen (secondary N) is 1. The highest BCUT2D eigenvalue weighted by atomic mass is 32.2. The minimum absolute atomic E-state index is 0.101. The second-order valence-electron chi connectivity index (χ2n) is 4.39. The van der Waals surface area contributed by atoms with Gasteiger partial charge in [0.2, 0.25) is 0 Å². The van der Waals surface area contributed by atoms with E-state index in [9.17, 15) is 9.00 Å². The highest BCUT2D eigenvalue weighted by molar-refractivity contribution is 7.85. The smallest absolute Gasteiger partial charge is 0.309 e. The molecule has 1 rings (SSSR count). The molecule has 0 bridgehead atoms. The third kappa shape index (κ3) is 3.87. The van der Waals surface area contributed by atoms with E-state index in [2.05, 4.69) is 5.32 Å². The van der Waals surface area contributed by atoms with Gasteiger partial charge in [0, 0.05) is 34.4 Å². The van der Waals surface area contributed by atoms with Crippen LogP contribution in [0.2, 0.25) is 0 Å². The Kier molecular flexibility index (Phi) is 5.41. The second kappa shape index (κ2) is 6.35. The highest BCUT2D eigenvalue weighted by Crippen LogP contribution is 2.13. The molecule has 1 N–H and O–H groups in total. The van der Waals surface area contributed by atoms with E-state index in [0.29, 0.717) is 6.04 Å². The molecule has 16 heavy (non-hydrogen) atoms. The van der Waals surface area contributed by atoms with Crippen LogP contribution in [0.1, 0.15) is 26.7 Å². The number of methoxy groups -OCH3 is 1. The lowest BCUT2D eigenvalue weighted by atomic mass is 10.0. The van der Waals surface area contributed by atoms with Crippen molar-refractivity contribution in [3.8, 4) is 0 Å². The Bertz CT molecular complexity index is 260. The van der Waals surface area contributed by atoms with E-state index in [4.69, 9.17) is 4.74 Å². The van der Waals surface area contributed by atoms with Gasteiger partial charge in [0.05, 0.1) is 13.0 Å². The summed E-state index contributed by atoms with van der Waals surface area (Å²) in [6.07, 6.45) is 1.87. The van der Waals surface area contributed by atoms with Crippen molar-refractivity contribution in [1.82, 2.24) is 5.32 Å². The third-order valence-corrected chi connectivity index (χ3v) is 4.59. The molecule has 0 saturated carbocycles. The van der Waals surface area contributed by atoms with Crippen LogP contribution in [0.25, 0.3) is 0 Å². The quantitative estimate of drug-likeness (QED) is 0.742. The molecule has 2 unspecified atom stereocenters. The zero-order chi connectivity index (χ0) is 12.1. The Morgan fingerprint density at radius 1 is 1.38 bits per heavy atom. The summed E-state index contributed by atoms with van der Waals surface area (Å²) in [6.45, 7) is 3.86. The fraction of sp³-hybridized carbons (Fsp3) is 0.909. The summed E-state index contributed by atoms with van der Waals surface area (Å²) in [5.74, 6) is 1.23. The molecule has 4 nitrogen and oxygen atoms in total. The van der Waals surface area contributed by atoms with Gasteiger partial charge < -0.3 is 10.1 Å². The number of rotatable bonds is 4. The summed E-state index contributed by atoms with van der Waals surface area (Å²) < 4.78 is 15.9. The molecule has 1 aliphatic heterocycles. The molecule has 1 heterocycles. The Hall–Kier alpha value is -0.420. The van der Waals surface area contributed by atoms with Crippen LogP contribution >= 0.6 is 0 Å². The van der Waals surface area contributed by atoms with E-state index in [1.54, 1.807) is 0 Å². The maximum atomic E-state index is 11.3. The maximum Gasteiger partial charge on any atom is 0.309 e. The molecule has 5 heteroatoms. The topological polar surface area (TPSA) is 55.4 Å². The van der Waals surface area contributed by atoms with Crippen LogP contribution in [-0.4, -0.2) is 40.9 Å². The number of hydrogen-bond donors (Lipinski definition) is 1. The van der Waals surface area contributed by atoms with Crippen molar-refractivity contribution in [2.24, 2.45) is 5.92 Å². The average Bonchev–Trinajstić information content (AvgIpc) is 2.30. The van der Waals surface area contributed by atoms with Gasteiger partial charge in [-0.3, -0.25) is 9.00 Å². The lowest BCUT2D eigenvalue weighted by Gasteiger charge is -2.28. The Labute approximate surface area is 99.6 Å². The zero-order valence-electron chi connectivity index (χ0n) is 10.2. The summed E-state index contributed by atoms with van der Waals surface area (Å²) in [4.78, 5) is 11.3. The van der Waals surface area contributed by atoms with E-state index in [1.807, 2.05) is 13.8 Å². The van der Waals surface area contributed by atoms with Crippen LogP contribution in [0, 0.1) is 5.92 Å². The second-order valence-corrected chi connectivity index (χ2v) is 6.09. The molecule has 1 fully saturated rings. The summed E-state index contributed by atoms with van der Waals surface area (Å²) >= 11 is 0. The van der Waals surface area contributed by atoms with Gasteiger partial charge in [0.15, 0.2) is 0 Å². The predicted octanol–water partition coefficient (Wildman–Crippen LogP) is 0.685. The fourth-order valence-electron chi connectivity index (χ4n) is 1.87. The minimum atomic E-state index is -0.628. The van der Waals surface area contributed by atoms with Crippen LogP contribution in [0.4, 0.5) is 0 Å². The summed E-state index contributed by atoms with van der Waals surface area (Å²) in [6, 6.07) is 0.490. The van der Waals surface area contributed by atoms with E-state index < -0.39 is 10.8 Å². The molecule has 2 atom stereocenters. The summed E-state index contributed by atoms with van der Waals surface area (Å²) in [5, 5.41) is 3.42. The van der Waals surface area contributed by atoms with Crippen molar-refractivity contribution >= 4 is 16.8 Å². The Morgan fingerprint density at radius 3 is 2.44 bits per heavy atom. The molecule has 0 amide bonds. The number of carbonyl (C=O) groups is 1. The molecule has 0 aromatic heterocycles. The van der Waals surface area contributed by atoms with Crippen molar-refractivity contribution < 1.29 is 13.7 Å². The first-order chi connectivity index (χ1) is 7.54. The molecule has 1 saturated heterocycles. The number of esters is 1. The largest absolute Gasteiger partial charge is 0.469 e. The average molecular weight is 247 g/mol. The normalized spacial score (nSPS) is 29.4. The van der Waals surface area contributed by atoms with E-state index in [0.717, 1.165) is 24.3 Å². The molecular formula is C11H21NO3S. The van der Waals surface area contributed by atoms with Crippen molar-refractivity contribution in [2.45, 2.75) is 38.8 Å². The third-order valence-electron chi connectivity index (χ3n) is 3.21. The van der Waals surface area contributed by atoms with Crippen LogP contribution in [0.15, 0.2) is 0 Å². The Balaban J connectivity index is 2.36. The Morgan fingerprint density at radius 2 is 1.94 bits per heavy atom. The van der Waals surface area contributed by atoms with Crippen LogP contribution in [-0.2, 0) is 20.3 Å². The summed E-state index contributed by atoms with van der Waals surface area (Å²) in [7, 11) is 0.784. The van der Waals surface area contributed by atoms with Crippen LogP contribution in [0.3, 0.4) is 0 Å². The molecule has 0 aromatic carbocycles. The van der Waals surface area contributed by atoms with Gasteiger partial charge in [-0.05, 0) is 19.8 Å². The highest BCUT2D eigenvalue weighted by Gasteiger charge is 2.25. The molecular weight excluding hydrogens is 226 g/mol. The summed E-state index contributed by atoms with van der Waals surface area (Å²) in [5.41, 5.74) is 0. The molecule has 0 spiro atoms. The number of hydrogen-bond acceptors (Lipinski definition) is 4. The minimum Gasteiger partial charge on any atom is -0.469 e. The van der Waals surface area contributed by atoms with Gasteiger partial charge in [-0.25, -0.2) is 0 Å². The molecule has 0 aliphatic carbocycles. The van der Waals surface area contributed by atoms with Gasteiger partial charge in [-0.1, -0.05) is 6.92 Å². The number of carbonyl (C=O) groups excluding carboxylic acids is 1. The maximum absolute atomic E-state index is 11.3. The van der Waals surface area contributed by atoms with Crippen molar-refractivity contribution in [3.63, 3.8) is 0 Å². The standard InChI is InChI=1S/C11H21NO3S/c1-8(11(13)15-3)9(2)12-10-4-6-16(14)7-5-10/h8-10,12H,4-7H2,1-3H3. The van der Waals surface area contributed by atoms with Gasteiger partial charge in [0.1, 0.15) is 0 Å². The first-order valence-electron chi connectivity index (χ1n) is 5.73. The first-order valence-corrected chi connectivity index (χ1v) is 7.22. The van der Waals surface area contributed by atoms with E-state index in [1.165, 1.54) is 7.11 Å². The monoisotopic (exact) mass is 247 g/mol. The van der Waals surface area contributed by atoms with Crippen molar-refractivity contribution in [3.05, 3.63) is 0 Å². The fourth-order valence-corrected chi connectivity index (χ4v) is 3.17. The van der Waals surface area contributed by atoms with E-state index in [-0.39, 0.29) is 17.9 Å². The predicted molar refractivity (Wildman–Crippen MR) is 64.7 cm³/mol. The molecule has 1 aliphatic rings. The SMILES string of the molecule is COC(=O)C(C)C(C)NC1CCS(=O)CC1. The van der Waals surface area contributed by atoms with Crippen LogP contribution in [0.5, 0.6) is 0 Å². The first kappa shape index (κ1) is 13.6. The van der Waals surface area contributed by atoms with Gasteiger partial charge in [-0.2, -0.15) is 0 Å². The molecule has 0 aromatic rings. The van der Waals surface area contributed by atoms with Gasteiger partial charge >= 0.3 is 5.97 Å². The van der Waals surface area contributed by atoms with Crippen molar-refractivity contribution in [1.29, 1.82) is 0 Å². The van der Waals surface area contributed by atoms with Crippen molar-refractivity contribution in [2.75, 3.05) is 18.6 Å².